The highest BCUT2D eigenvalue weighted by molar-refractivity contribution is 7.87. The van der Waals surface area contributed by atoms with Gasteiger partial charge in [0.25, 0.3) is 10.2 Å². The van der Waals surface area contributed by atoms with Gasteiger partial charge in [-0.3, -0.25) is 4.79 Å². The number of hydrogen-bond acceptors (Lipinski definition) is 3. The van der Waals surface area contributed by atoms with Crippen LogP contribution in [0.2, 0.25) is 0 Å². The molecule has 10 heteroatoms. The van der Waals surface area contributed by atoms with Crippen LogP contribution < -0.4 is 15.2 Å². The van der Waals surface area contributed by atoms with Crippen molar-refractivity contribution >= 4 is 16.1 Å². The highest BCUT2D eigenvalue weighted by atomic mass is 32.2. The summed E-state index contributed by atoms with van der Waals surface area (Å²) in [7, 11) is -4.33. The van der Waals surface area contributed by atoms with Gasteiger partial charge in [-0.05, 0) is 0 Å². The molecule has 0 aliphatic rings. The number of nitrogens with two attached hydrogens (primary N) is 1. The average Bonchev–Trinajstić information content (AvgIpc) is 1.97. The van der Waals surface area contributed by atoms with Gasteiger partial charge in [0.15, 0.2) is 0 Å². The Morgan fingerprint density at radius 2 is 1.79 bits per heavy atom. The Bertz CT molecular complexity index is 299. The Morgan fingerprint density at radius 3 is 2.14 bits per heavy atom. The second-order valence-corrected chi connectivity index (χ2v) is 3.81. The van der Waals surface area contributed by atoms with Crippen LogP contribution in [0.25, 0.3) is 0 Å². The van der Waals surface area contributed by atoms with E-state index in [1.807, 2.05) is 0 Å². The lowest BCUT2D eigenvalue weighted by molar-refractivity contribution is -0.121. The second kappa shape index (κ2) is 4.57. The van der Waals surface area contributed by atoms with Crippen LogP contribution >= 0.6 is 0 Å². The highest BCUT2D eigenvalue weighted by Gasteiger charge is 2.29. The van der Waals surface area contributed by atoms with Crippen molar-refractivity contribution in [3.05, 3.63) is 0 Å². The number of carbonyl (C=O) groups excluding carboxylic acids is 1. The van der Waals surface area contributed by atoms with Crippen LogP contribution in [-0.2, 0) is 15.0 Å². The topological polar surface area (TPSA) is 101 Å². The number of nitrogens with one attached hydrogen (secondary N) is 2. The van der Waals surface area contributed by atoms with Crippen molar-refractivity contribution in [1.82, 2.24) is 9.44 Å². The smallest absolute Gasteiger partial charge is 0.369 e. The number of hydrogen-bond donors (Lipinski definition) is 3. The number of halogens is 3. The largest absolute Gasteiger partial charge is 0.402 e. The summed E-state index contributed by atoms with van der Waals surface area (Å²) in [5.41, 5.74) is 4.57. The molecule has 0 unspecified atom stereocenters. The molecule has 1 amide bonds. The van der Waals surface area contributed by atoms with Gasteiger partial charge in [0.1, 0.15) is 6.54 Å². The lowest BCUT2D eigenvalue weighted by Crippen LogP contribution is -2.44. The normalized spacial score (nSPS) is 12.8. The first-order valence-corrected chi connectivity index (χ1v) is 4.70. The summed E-state index contributed by atoms with van der Waals surface area (Å²) in [5.74, 6) is -0.998. The summed E-state index contributed by atoms with van der Waals surface area (Å²) in [6, 6.07) is 0. The Hall–Kier alpha value is -0.870. The number of rotatable bonds is 5. The van der Waals surface area contributed by atoms with Crippen LogP contribution in [0, 0.1) is 0 Å². The summed E-state index contributed by atoms with van der Waals surface area (Å²) in [6.07, 6.45) is -4.65. The Morgan fingerprint density at radius 1 is 1.29 bits per heavy atom. The molecule has 84 valence electrons. The summed E-state index contributed by atoms with van der Waals surface area (Å²) >= 11 is 0. The Kier molecular flexibility index (Phi) is 4.29. The lowest BCUT2D eigenvalue weighted by atomic mass is 10.7. The van der Waals surface area contributed by atoms with E-state index in [0.717, 1.165) is 0 Å². The minimum Gasteiger partial charge on any atom is -0.369 e. The zero-order valence-corrected chi connectivity index (χ0v) is 7.57. The molecule has 0 saturated carbocycles. The number of amides is 1. The van der Waals surface area contributed by atoms with E-state index >= 15 is 0 Å². The Labute approximate surface area is 77.8 Å². The maximum atomic E-state index is 11.5. The molecular formula is C4H8F3N3O3S. The summed E-state index contributed by atoms with van der Waals surface area (Å²) in [5, 5.41) is 0. The first-order chi connectivity index (χ1) is 6.12. The molecule has 6 nitrogen and oxygen atoms in total. The average molecular weight is 235 g/mol. The van der Waals surface area contributed by atoms with Crippen molar-refractivity contribution in [2.45, 2.75) is 6.18 Å². The van der Waals surface area contributed by atoms with Crippen molar-refractivity contribution in [2.75, 3.05) is 13.1 Å². The van der Waals surface area contributed by atoms with Gasteiger partial charge < -0.3 is 5.73 Å². The van der Waals surface area contributed by atoms with Gasteiger partial charge in [-0.2, -0.15) is 31.0 Å². The molecule has 0 fully saturated rings. The van der Waals surface area contributed by atoms with Crippen LogP contribution in [0.4, 0.5) is 13.2 Å². The molecule has 0 spiro atoms. The van der Waals surface area contributed by atoms with E-state index < -0.39 is 35.4 Å². The molecule has 0 bridgehead atoms. The predicted molar refractivity (Wildman–Crippen MR) is 40.2 cm³/mol. The van der Waals surface area contributed by atoms with Crippen LogP contribution in [0.3, 0.4) is 0 Å². The number of primary amides is 1. The van der Waals surface area contributed by atoms with Gasteiger partial charge in [0.05, 0.1) is 6.54 Å². The first-order valence-electron chi connectivity index (χ1n) is 3.22. The van der Waals surface area contributed by atoms with E-state index in [9.17, 15) is 26.4 Å². The minimum atomic E-state index is -4.65. The highest BCUT2D eigenvalue weighted by Crippen LogP contribution is 2.12. The fourth-order valence-electron chi connectivity index (χ4n) is 0.394. The third kappa shape index (κ3) is 7.76. The molecule has 0 saturated heterocycles. The standard InChI is InChI=1S/C4H8F3N3O3S/c5-4(6,7)2-10-14(12,13)9-1-3(8)11/h9-10H,1-2H2,(H2,8,11). The van der Waals surface area contributed by atoms with Gasteiger partial charge in [0, 0.05) is 0 Å². The van der Waals surface area contributed by atoms with Crippen molar-refractivity contribution in [3.63, 3.8) is 0 Å². The molecule has 0 aromatic heterocycles. The summed E-state index contributed by atoms with van der Waals surface area (Å²) in [4.78, 5) is 10.1. The molecule has 14 heavy (non-hydrogen) atoms. The van der Waals surface area contributed by atoms with E-state index in [2.05, 4.69) is 5.73 Å². The van der Waals surface area contributed by atoms with Crippen LogP contribution in [0.1, 0.15) is 0 Å². The predicted octanol–water partition coefficient (Wildman–Crippen LogP) is -1.54. The third-order valence-corrected chi connectivity index (χ3v) is 1.95. The van der Waals surface area contributed by atoms with Crippen molar-refractivity contribution in [1.29, 1.82) is 0 Å². The molecule has 4 N–H and O–H groups in total. The fourth-order valence-corrected chi connectivity index (χ4v) is 1.18. The molecule has 0 atom stereocenters. The maximum Gasteiger partial charge on any atom is 0.402 e. The SMILES string of the molecule is NC(=O)CNS(=O)(=O)NCC(F)(F)F. The van der Waals surface area contributed by atoms with E-state index in [1.165, 1.54) is 9.44 Å². The van der Waals surface area contributed by atoms with Gasteiger partial charge in [-0.25, -0.2) is 0 Å². The number of carbonyl (C=O) groups is 1. The van der Waals surface area contributed by atoms with Gasteiger partial charge in [-0.15, -0.1) is 0 Å². The Balaban J connectivity index is 4.03. The first kappa shape index (κ1) is 13.1. The molecule has 0 aromatic carbocycles. The quantitative estimate of drug-likeness (QED) is 0.538. The lowest BCUT2D eigenvalue weighted by Gasteiger charge is -2.08. The molecule has 0 aromatic rings. The third-order valence-electron chi connectivity index (χ3n) is 0.899. The van der Waals surface area contributed by atoms with Crippen LogP contribution in [0.5, 0.6) is 0 Å². The zero-order chi connectivity index (χ0) is 11.4. The van der Waals surface area contributed by atoms with Crippen molar-refractivity contribution < 1.29 is 26.4 Å². The molecular weight excluding hydrogens is 227 g/mol. The molecule has 0 aliphatic heterocycles. The van der Waals surface area contributed by atoms with Crippen molar-refractivity contribution in [2.24, 2.45) is 5.73 Å². The van der Waals surface area contributed by atoms with Crippen LogP contribution in [0.15, 0.2) is 0 Å². The van der Waals surface area contributed by atoms with E-state index in [1.54, 1.807) is 0 Å². The summed E-state index contributed by atoms with van der Waals surface area (Å²) < 4.78 is 58.6. The van der Waals surface area contributed by atoms with E-state index in [4.69, 9.17) is 0 Å². The fraction of sp³-hybridized carbons (Fsp3) is 0.750. The second-order valence-electron chi connectivity index (χ2n) is 2.23. The number of alkyl halides is 3. The van der Waals surface area contributed by atoms with Gasteiger partial charge >= 0.3 is 6.18 Å². The molecule has 0 heterocycles. The molecule has 0 radical (unpaired) electrons. The van der Waals surface area contributed by atoms with Gasteiger partial charge in [-0.1, -0.05) is 0 Å². The van der Waals surface area contributed by atoms with Gasteiger partial charge in [0.2, 0.25) is 5.91 Å². The van der Waals surface area contributed by atoms with Crippen molar-refractivity contribution in [3.8, 4) is 0 Å². The molecule has 0 rings (SSSR count). The van der Waals surface area contributed by atoms with E-state index in [-0.39, 0.29) is 0 Å². The minimum absolute atomic E-state index is 0.757. The molecule has 0 aliphatic carbocycles. The van der Waals surface area contributed by atoms with Crippen LogP contribution in [-0.4, -0.2) is 33.6 Å². The maximum absolute atomic E-state index is 11.5. The monoisotopic (exact) mass is 235 g/mol. The zero-order valence-electron chi connectivity index (χ0n) is 6.76. The summed E-state index contributed by atoms with van der Waals surface area (Å²) in [6.45, 7) is -2.46. The van der Waals surface area contributed by atoms with E-state index in [0.29, 0.717) is 0 Å².